The van der Waals surface area contributed by atoms with Gasteiger partial charge in [0.25, 0.3) is 0 Å². The third kappa shape index (κ3) is 1.23. The standard InChI is InChI=1S/C8H10N4O/c1-13-5-8-11-10-7-4-2-3-6(9)12(7)8/h2-4H,5,9H2,1H3. The molecule has 0 saturated heterocycles. The number of methoxy groups -OCH3 is 1. The van der Waals surface area contributed by atoms with Crippen LogP contribution in [0.25, 0.3) is 5.65 Å². The van der Waals surface area contributed by atoms with Gasteiger partial charge in [0.1, 0.15) is 12.4 Å². The molecule has 0 unspecified atom stereocenters. The van der Waals surface area contributed by atoms with E-state index >= 15 is 0 Å². The Labute approximate surface area is 75.1 Å². The van der Waals surface area contributed by atoms with Crippen molar-refractivity contribution in [1.82, 2.24) is 14.6 Å². The zero-order valence-electron chi connectivity index (χ0n) is 7.27. The van der Waals surface area contributed by atoms with E-state index in [1.54, 1.807) is 17.6 Å². The summed E-state index contributed by atoms with van der Waals surface area (Å²) in [6.07, 6.45) is 0. The third-order valence-corrected chi connectivity index (χ3v) is 1.80. The summed E-state index contributed by atoms with van der Waals surface area (Å²) in [7, 11) is 1.61. The Hall–Kier alpha value is -1.62. The number of fused-ring (bicyclic) bond motifs is 1. The lowest BCUT2D eigenvalue weighted by Crippen LogP contribution is -2.01. The van der Waals surface area contributed by atoms with Gasteiger partial charge in [0.15, 0.2) is 11.5 Å². The van der Waals surface area contributed by atoms with Gasteiger partial charge in [0.2, 0.25) is 0 Å². The fourth-order valence-corrected chi connectivity index (χ4v) is 1.25. The maximum atomic E-state index is 5.76. The molecule has 13 heavy (non-hydrogen) atoms. The van der Waals surface area contributed by atoms with Gasteiger partial charge in [0.05, 0.1) is 0 Å². The summed E-state index contributed by atoms with van der Waals surface area (Å²) in [5.74, 6) is 1.34. The van der Waals surface area contributed by atoms with Crippen molar-refractivity contribution in [3.63, 3.8) is 0 Å². The molecule has 0 radical (unpaired) electrons. The Morgan fingerprint density at radius 3 is 3.08 bits per heavy atom. The summed E-state index contributed by atoms with van der Waals surface area (Å²) >= 11 is 0. The van der Waals surface area contributed by atoms with Crippen LogP contribution in [0, 0.1) is 0 Å². The molecule has 2 aromatic rings. The molecule has 0 spiro atoms. The van der Waals surface area contributed by atoms with Crippen molar-refractivity contribution in [3.8, 4) is 0 Å². The molecule has 0 aliphatic carbocycles. The Bertz CT molecular complexity index is 423. The van der Waals surface area contributed by atoms with E-state index in [0.717, 1.165) is 11.5 Å². The Balaban J connectivity index is 2.64. The number of aromatic nitrogens is 3. The van der Waals surface area contributed by atoms with Gasteiger partial charge in [-0.3, -0.25) is 4.40 Å². The lowest BCUT2D eigenvalue weighted by molar-refractivity contribution is 0.177. The van der Waals surface area contributed by atoms with E-state index in [4.69, 9.17) is 10.5 Å². The fraction of sp³-hybridized carbons (Fsp3) is 0.250. The molecule has 0 saturated carbocycles. The van der Waals surface area contributed by atoms with Crippen molar-refractivity contribution in [1.29, 1.82) is 0 Å². The van der Waals surface area contributed by atoms with E-state index in [1.807, 2.05) is 12.1 Å². The molecule has 0 bridgehead atoms. The van der Waals surface area contributed by atoms with E-state index in [0.29, 0.717) is 12.4 Å². The minimum absolute atomic E-state index is 0.412. The molecule has 0 fully saturated rings. The summed E-state index contributed by atoms with van der Waals surface area (Å²) in [4.78, 5) is 0. The number of nitrogens with zero attached hydrogens (tertiary/aromatic N) is 3. The van der Waals surface area contributed by atoms with Gasteiger partial charge in [-0.05, 0) is 12.1 Å². The maximum Gasteiger partial charge on any atom is 0.165 e. The molecular weight excluding hydrogens is 168 g/mol. The monoisotopic (exact) mass is 178 g/mol. The Kier molecular flexibility index (Phi) is 1.86. The van der Waals surface area contributed by atoms with Gasteiger partial charge in [0, 0.05) is 7.11 Å². The highest BCUT2D eigenvalue weighted by Gasteiger charge is 2.05. The van der Waals surface area contributed by atoms with Gasteiger partial charge in [-0.25, -0.2) is 0 Å². The van der Waals surface area contributed by atoms with Crippen LogP contribution in [-0.4, -0.2) is 21.7 Å². The molecule has 5 nitrogen and oxygen atoms in total. The first-order valence-electron chi connectivity index (χ1n) is 3.90. The minimum Gasteiger partial charge on any atom is -0.385 e. The largest absolute Gasteiger partial charge is 0.385 e. The normalized spacial score (nSPS) is 10.8. The van der Waals surface area contributed by atoms with Crippen LogP contribution in [0.5, 0.6) is 0 Å². The van der Waals surface area contributed by atoms with Crippen LogP contribution < -0.4 is 5.73 Å². The van der Waals surface area contributed by atoms with Crippen LogP contribution in [-0.2, 0) is 11.3 Å². The van der Waals surface area contributed by atoms with Crippen LogP contribution in [0.15, 0.2) is 18.2 Å². The number of hydrogen-bond donors (Lipinski definition) is 1. The zero-order chi connectivity index (χ0) is 9.26. The van der Waals surface area contributed by atoms with E-state index in [1.165, 1.54) is 0 Å². The van der Waals surface area contributed by atoms with Crippen molar-refractivity contribution >= 4 is 11.5 Å². The SMILES string of the molecule is COCc1nnc2cccc(N)n12. The number of hydrogen-bond acceptors (Lipinski definition) is 4. The number of anilines is 1. The molecule has 0 aliphatic heterocycles. The van der Waals surface area contributed by atoms with Crippen molar-refractivity contribution in [2.45, 2.75) is 6.61 Å². The average molecular weight is 178 g/mol. The number of nitrogens with two attached hydrogens (primary N) is 1. The predicted molar refractivity (Wildman–Crippen MR) is 48.1 cm³/mol. The number of rotatable bonds is 2. The maximum absolute atomic E-state index is 5.76. The predicted octanol–water partition coefficient (Wildman–Crippen LogP) is 0.458. The van der Waals surface area contributed by atoms with E-state index in [-0.39, 0.29) is 0 Å². The van der Waals surface area contributed by atoms with Crippen LogP contribution in [0.3, 0.4) is 0 Å². The third-order valence-electron chi connectivity index (χ3n) is 1.80. The van der Waals surface area contributed by atoms with E-state index < -0.39 is 0 Å². The molecule has 0 aliphatic rings. The Morgan fingerprint density at radius 2 is 2.31 bits per heavy atom. The Morgan fingerprint density at radius 1 is 1.46 bits per heavy atom. The second kappa shape index (κ2) is 3.02. The van der Waals surface area contributed by atoms with Crippen LogP contribution in [0.2, 0.25) is 0 Å². The molecule has 2 rings (SSSR count). The molecule has 2 heterocycles. The van der Waals surface area contributed by atoms with Gasteiger partial charge in [-0.15, -0.1) is 10.2 Å². The highest BCUT2D eigenvalue weighted by atomic mass is 16.5. The molecule has 2 aromatic heterocycles. The first-order valence-corrected chi connectivity index (χ1v) is 3.90. The second-order valence-corrected chi connectivity index (χ2v) is 2.69. The molecule has 68 valence electrons. The van der Waals surface area contributed by atoms with Crippen LogP contribution >= 0.6 is 0 Å². The second-order valence-electron chi connectivity index (χ2n) is 2.69. The molecule has 0 aromatic carbocycles. The summed E-state index contributed by atoms with van der Waals surface area (Å²) in [6, 6.07) is 5.49. The lowest BCUT2D eigenvalue weighted by atomic mass is 10.4. The van der Waals surface area contributed by atoms with Crippen LogP contribution in [0.1, 0.15) is 5.82 Å². The molecule has 0 amide bonds. The molecular formula is C8H10N4O. The van der Waals surface area contributed by atoms with E-state index in [2.05, 4.69) is 10.2 Å². The van der Waals surface area contributed by atoms with Crippen molar-refractivity contribution in [3.05, 3.63) is 24.0 Å². The summed E-state index contributed by atoms with van der Waals surface area (Å²) in [5, 5.41) is 7.90. The summed E-state index contributed by atoms with van der Waals surface area (Å²) in [5.41, 5.74) is 6.50. The molecule has 5 heteroatoms. The molecule has 2 N–H and O–H groups in total. The lowest BCUT2D eigenvalue weighted by Gasteiger charge is -2.01. The highest BCUT2D eigenvalue weighted by Crippen LogP contribution is 2.10. The summed E-state index contributed by atoms with van der Waals surface area (Å²) < 4.78 is 6.74. The topological polar surface area (TPSA) is 65.4 Å². The molecule has 0 atom stereocenters. The van der Waals surface area contributed by atoms with Crippen LogP contribution in [0.4, 0.5) is 5.82 Å². The van der Waals surface area contributed by atoms with Crippen molar-refractivity contribution in [2.75, 3.05) is 12.8 Å². The first kappa shape index (κ1) is 8.00. The first-order chi connectivity index (χ1) is 6.33. The van der Waals surface area contributed by atoms with Crippen molar-refractivity contribution < 1.29 is 4.74 Å². The van der Waals surface area contributed by atoms with E-state index in [9.17, 15) is 0 Å². The zero-order valence-corrected chi connectivity index (χ0v) is 7.27. The smallest absolute Gasteiger partial charge is 0.165 e. The van der Waals surface area contributed by atoms with Gasteiger partial charge in [-0.2, -0.15) is 0 Å². The van der Waals surface area contributed by atoms with Gasteiger partial charge >= 0.3 is 0 Å². The fourth-order valence-electron chi connectivity index (χ4n) is 1.25. The average Bonchev–Trinajstić information content (AvgIpc) is 2.51. The number of pyridine rings is 1. The summed E-state index contributed by atoms with van der Waals surface area (Å²) in [6.45, 7) is 0.412. The number of nitrogen functional groups attached to an aromatic ring is 1. The minimum atomic E-state index is 0.412. The number of ether oxygens (including phenoxy) is 1. The van der Waals surface area contributed by atoms with Crippen molar-refractivity contribution in [2.24, 2.45) is 0 Å². The highest BCUT2D eigenvalue weighted by molar-refractivity contribution is 5.47. The van der Waals surface area contributed by atoms with Gasteiger partial charge < -0.3 is 10.5 Å². The van der Waals surface area contributed by atoms with Gasteiger partial charge in [-0.1, -0.05) is 6.07 Å². The quantitative estimate of drug-likeness (QED) is 0.725.